The second-order valence-electron chi connectivity index (χ2n) is 4.44. The van der Waals surface area contributed by atoms with Gasteiger partial charge in [0.15, 0.2) is 11.6 Å². The number of carbonyl (C=O) groups excluding carboxylic acids is 1. The largest absolute Gasteiger partial charge is 0.504 e. The van der Waals surface area contributed by atoms with E-state index in [9.17, 15) is 9.90 Å². The van der Waals surface area contributed by atoms with Gasteiger partial charge in [-0.25, -0.2) is 4.98 Å². The Labute approximate surface area is 100 Å². The molecule has 1 amide bonds. The van der Waals surface area contributed by atoms with Gasteiger partial charge in [0.25, 0.3) is 0 Å². The van der Waals surface area contributed by atoms with E-state index >= 15 is 0 Å². The van der Waals surface area contributed by atoms with E-state index in [1.54, 1.807) is 12.3 Å². The average Bonchev–Trinajstić information content (AvgIpc) is 2.32. The molecule has 0 radical (unpaired) electrons. The van der Waals surface area contributed by atoms with Crippen LogP contribution in [0.25, 0.3) is 0 Å². The summed E-state index contributed by atoms with van der Waals surface area (Å²) in [5.41, 5.74) is 0. The summed E-state index contributed by atoms with van der Waals surface area (Å²) in [7, 11) is 0. The van der Waals surface area contributed by atoms with Gasteiger partial charge in [0, 0.05) is 18.2 Å². The first-order valence-electron chi connectivity index (χ1n) is 5.85. The van der Waals surface area contributed by atoms with E-state index in [1.807, 2.05) is 0 Å². The zero-order valence-corrected chi connectivity index (χ0v) is 9.81. The molecule has 1 aliphatic heterocycles. The molecular formula is C12H17N3O2. The Morgan fingerprint density at radius 1 is 1.65 bits per heavy atom. The smallest absolute Gasteiger partial charge is 0.228 e. The Hall–Kier alpha value is -1.62. The molecule has 0 unspecified atom stereocenters. The Balaban J connectivity index is 1.99. The number of aromatic hydroxyl groups is 1. The number of nitrogens with one attached hydrogen (secondary N) is 2. The number of aromatic nitrogens is 1. The molecule has 2 atom stereocenters. The van der Waals surface area contributed by atoms with Crippen molar-refractivity contribution in [1.29, 1.82) is 0 Å². The van der Waals surface area contributed by atoms with E-state index in [4.69, 9.17) is 0 Å². The quantitative estimate of drug-likeness (QED) is 0.718. The van der Waals surface area contributed by atoms with Crippen LogP contribution in [0.2, 0.25) is 0 Å². The highest BCUT2D eigenvalue weighted by Crippen LogP contribution is 2.22. The van der Waals surface area contributed by atoms with Gasteiger partial charge in [0.2, 0.25) is 5.91 Å². The van der Waals surface area contributed by atoms with Crippen LogP contribution in [-0.4, -0.2) is 28.6 Å². The fourth-order valence-electron chi connectivity index (χ4n) is 2.08. The molecular weight excluding hydrogens is 218 g/mol. The highest BCUT2D eigenvalue weighted by atomic mass is 16.3. The van der Waals surface area contributed by atoms with Crippen molar-refractivity contribution in [2.45, 2.75) is 25.8 Å². The summed E-state index contributed by atoms with van der Waals surface area (Å²) in [6.45, 7) is 2.92. The topological polar surface area (TPSA) is 74.2 Å². The van der Waals surface area contributed by atoms with Gasteiger partial charge in [-0.1, -0.05) is 0 Å². The van der Waals surface area contributed by atoms with Gasteiger partial charge < -0.3 is 15.7 Å². The number of carbonyl (C=O) groups is 1. The molecule has 17 heavy (non-hydrogen) atoms. The normalized spacial score (nSPS) is 24.3. The van der Waals surface area contributed by atoms with Crippen molar-refractivity contribution in [3.8, 4) is 5.75 Å². The van der Waals surface area contributed by atoms with Crippen molar-refractivity contribution in [3.63, 3.8) is 0 Å². The first-order valence-corrected chi connectivity index (χ1v) is 5.85. The minimum Gasteiger partial charge on any atom is -0.504 e. The van der Waals surface area contributed by atoms with Crippen LogP contribution < -0.4 is 10.6 Å². The Morgan fingerprint density at radius 2 is 2.47 bits per heavy atom. The van der Waals surface area contributed by atoms with Crippen LogP contribution in [0.5, 0.6) is 5.75 Å². The third-order valence-electron chi connectivity index (χ3n) is 3.02. The van der Waals surface area contributed by atoms with Crippen molar-refractivity contribution in [1.82, 2.24) is 10.3 Å². The lowest BCUT2D eigenvalue weighted by molar-refractivity contribution is -0.120. The summed E-state index contributed by atoms with van der Waals surface area (Å²) in [4.78, 5) is 15.9. The van der Waals surface area contributed by atoms with Gasteiger partial charge in [-0.15, -0.1) is 0 Å². The lowest BCUT2D eigenvalue weighted by Gasteiger charge is -2.26. The summed E-state index contributed by atoms with van der Waals surface area (Å²) in [6.07, 6.45) is 3.18. The van der Waals surface area contributed by atoms with Crippen LogP contribution >= 0.6 is 0 Å². The number of hydrogen-bond acceptors (Lipinski definition) is 4. The van der Waals surface area contributed by atoms with Gasteiger partial charge in [0.1, 0.15) is 0 Å². The predicted molar refractivity (Wildman–Crippen MR) is 64.7 cm³/mol. The third-order valence-corrected chi connectivity index (χ3v) is 3.02. The number of pyridine rings is 1. The van der Waals surface area contributed by atoms with E-state index in [-0.39, 0.29) is 23.4 Å². The first kappa shape index (κ1) is 11.9. The second kappa shape index (κ2) is 5.14. The van der Waals surface area contributed by atoms with Gasteiger partial charge >= 0.3 is 0 Å². The van der Waals surface area contributed by atoms with Crippen molar-refractivity contribution >= 4 is 11.7 Å². The summed E-state index contributed by atoms with van der Waals surface area (Å²) >= 11 is 0. The lowest BCUT2D eigenvalue weighted by atomic mass is 9.92. The fraction of sp³-hybridized carbons (Fsp3) is 0.500. The molecule has 0 aliphatic carbocycles. The lowest BCUT2D eigenvalue weighted by Crippen LogP contribution is -2.40. The molecule has 1 aromatic rings. The molecule has 0 spiro atoms. The maximum Gasteiger partial charge on any atom is 0.228 e. The molecule has 1 fully saturated rings. The number of amides is 1. The molecule has 3 N–H and O–H groups in total. The number of hydrogen-bond donors (Lipinski definition) is 3. The third kappa shape index (κ3) is 2.94. The summed E-state index contributed by atoms with van der Waals surface area (Å²) in [5, 5.41) is 15.5. The van der Waals surface area contributed by atoms with Crippen molar-refractivity contribution in [2.75, 3.05) is 11.9 Å². The molecule has 2 rings (SSSR count). The molecule has 1 aliphatic rings. The predicted octanol–water partition coefficient (Wildman–Crippen LogP) is 1.11. The maximum atomic E-state index is 12.0. The van der Waals surface area contributed by atoms with Crippen molar-refractivity contribution in [2.24, 2.45) is 5.92 Å². The van der Waals surface area contributed by atoms with Crippen LogP contribution in [0.3, 0.4) is 0 Å². The zero-order valence-electron chi connectivity index (χ0n) is 9.81. The highest BCUT2D eigenvalue weighted by Gasteiger charge is 2.25. The van der Waals surface area contributed by atoms with Crippen LogP contribution in [0.4, 0.5) is 5.82 Å². The minimum absolute atomic E-state index is 0.00262. The van der Waals surface area contributed by atoms with Crippen LogP contribution in [0.1, 0.15) is 19.8 Å². The molecule has 5 heteroatoms. The minimum atomic E-state index is -0.0626. The summed E-state index contributed by atoms with van der Waals surface area (Å²) in [5.74, 6) is 0.173. The monoisotopic (exact) mass is 235 g/mol. The standard InChI is InChI=1S/C12H17N3O2/c1-8-7-9(4-6-13-8)12(17)15-11-10(16)3-2-5-14-11/h2-3,5,8-9,13,16H,4,6-7H2,1H3,(H,14,15,17)/t8-,9-/m0/s1. The summed E-state index contributed by atoms with van der Waals surface area (Å²) < 4.78 is 0. The molecule has 0 bridgehead atoms. The SMILES string of the molecule is C[C@H]1C[C@@H](C(=O)Nc2ncccc2O)CCN1. The van der Waals surface area contributed by atoms with E-state index in [2.05, 4.69) is 22.5 Å². The van der Waals surface area contributed by atoms with Gasteiger partial charge in [-0.2, -0.15) is 0 Å². The van der Waals surface area contributed by atoms with Crippen molar-refractivity contribution in [3.05, 3.63) is 18.3 Å². The van der Waals surface area contributed by atoms with Crippen LogP contribution in [0.15, 0.2) is 18.3 Å². The fourth-order valence-corrected chi connectivity index (χ4v) is 2.08. The Morgan fingerprint density at radius 3 is 3.18 bits per heavy atom. The van der Waals surface area contributed by atoms with E-state index < -0.39 is 0 Å². The average molecular weight is 235 g/mol. The number of piperidine rings is 1. The number of anilines is 1. The molecule has 2 heterocycles. The molecule has 1 aromatic heterocycles. The van der Waals surface area contributed by atoms with Gasteiger partial charge in [-0.3, -0.25) is 4.79 Å². The Kier molecular flexibility index (Phi) is 3.58. The molecule has 1 saturated heterocycles. The molecule has 5 nitrogen and oxygen atoms in total. The van der Waals surface area contributed by atoms with E-state index in [0.717, 1.165) is 19.4 Å². The highest BCUT2D eigenvalue weighted by molar-refractivity contribution is 5.92. The van der Waals surface area contributed by atoms with Crippen LogP contribution in [-0.2, 0) is 4.79 Å². The second-order valence-corrected chi connectivity index (χ2v) is 4.44. The van der Waals surface area contributed by atoms with Gasteiger partial charge in [-0.05, 0) is 38.4 Å². The van der Waals surface area contributed by atoms with Crippen LogP contribution in [0, 0.1) is 5.92 Å². The number of rotatable bonds is 2. The summed E-state index contributed by atoms with van der Waals surface area (Å²) in [6, 6.07) is 3.49. The Bertz CT molecular complexity index is 408. The van der Waals surface area contributed by atoms with Crippen molar-refractivity contribution < 1.29 is 9.90 Å². The molecule has 0 aromatic carbocycles. The molecule has 0 saturated carbocycles. The number of nitrogens with zero attached hydrogens (tertiary/aromatic N) is 1. The van der Waals surface area contributed by atoms with Gasteiger partial charge in [0.05, 0.1) is 0 Å². The maximum absolute atomic E-state index is 12.0. The zero-order chi connectivity index (χ0) is 12.3. The molecule has 92 valence electrons. The van der Waals surface area contributed by atoms with E-state index in [1.165, 1.54) is 6.07 Å². The first-order chi connectivity index (χ1) is 8.16. The van der Waals surface area contributed by atoms with E-state index in [0.29, 0.717) is 6.04 Å².